The average molecular weight is 252 g/mol. The number of hydrogen-bond acceptors (Lipinski definition) is 2. The van der Waals surface area contributed by atoms with Gasteiger partial charge < -0.3 is 10.6 Å². The van der Waals surface area contributed by atoms with E-state index >= 15 is 0 Å². The van der Waals surface area contributed by atoms with Crippen molar-refractivity contribution in [1.29, 1.82) is 0 Å². The Bertz CT molecular complexity index is 284. The second-order valence-corrected chi connectivity index (χ2v) is 6.55. The van der Waals surface area contributed by atoms with Gasteiger partial charge in [0.1, 0.15) is 0 Å². The molecule has 2 unspecified atom stereocenters. The molecule has 18 heavy (non-hydrogen) atoms. The molecule has 0 spiro atoms. The number of carbonyl (C=O) groups excluding carboxylic acids is 1. The lowest BCUT2D eigenvalue weighted by Crippen LogP contribution is -2.50. The molecule has 1 saturated heterocycles. The number of nitrogens with one attached hydrogen (secondary N) is 2. The standard InChI is InChI=1S/C15H28N2O/c1-12-7-6-10-16-13(12)11-14(18)17-15(2)8-4-3-5-9-15/h12-13,16H,3-11H2,1-2H3,(H,17,18). The molecule has 2 aliphatic rings. The highest BCUT2D eigenvalue weighted by Gasteiger charge is 2.30. The molecule has 1 amide bonds. The third-order valence-electron chi connectivity index (χ3n) is 4.73. The summed E-state index contributed by atoms with van der Waals surface area (Å²) in [6, 6.07) is 0.381. The van der Waals surface area contributed by atoms with Crippen LogP contribution in [0, 0.1) is 5.92 Å². The van der Waals surface area contributed by atoms with Gasteiger partial charge in [0.15, 0.2) is 0 Å². The summed E-state index contributed by atoms with van der Waals surface area (Å²) in [5.74, 6) is 0.870. The maximum Gasteiger partial charge on any atom is 0.221 e. The SMILES string of the molecule is CC1CCCNC1CC(=O)NC1(C)CCCCC1. The molecule has 104 valence electrons. The number of rotatable bonds is 3. The minimum Gasteiger partial charge on any atom is -0.351 e. The molecule has 0 bridgehead atoms. The van der Waals surface area contributed by atoms with E-state index in [1.165, 1.54) is 32.1 Å². The Labute approximate surface area is 111 Å². The van der Waals surface area contributed by atoms with Gasteiger partial charge in [-0.15, -0.1) is 0 Å². The maximum absolute atomic E-state index is 12.2. The molecule has 2 atom stereocenters. The Morgan fingerprint density at radius 1 is 1.28 bits per heavy atom. The molecule has 3 nitrogen and oxygen atoms in total. The number of piperidine rings is 1. The van der Waals surface area contributed by atoms with Crippen molar-refractivity contribution in [3.8, 4) is 0 Å². The molecule has 3 heteroatoms. The predicted octanol–water partition coefficient (Wildman–Crippen LogP) is 2.60. The van der Waals surface area contributed by atoms with Gasteiger partial charge >= 0.3 is 0 Å². The molecule has 1 aliphatic carbocycles. The minimum atomic E-state index is 0.0627. The first-order chi connectivity index (χ1) is 8.59. The smallest absolute Gasteiger partial charge is 0.221 e. The fraction of sp³-hybridized carbons (Fsp3) is 0.933. The maximum atomic E-state index is 12.2. The monoisotopic (exact) mass is 252 g/mol. The van der Waals surface area contributed by atoms with Crippen molar-refractivity contribution in [2.75, 3.05) is 6.54 Å². The average Bonchev–Trinajstić information content (AvgIpc) is 2.32. The van der Waals surface area contributed by atoms with E-state index in [9.17, 15) is 4.79 Å². The molecule has 2 fully saturated rings. The van der Waals surface area contributed by atoms with Crippen LogP contribution in [-0.4, -0.2) is 24.0 Å². The van der Waals surface area contributed by atoms with Gasteiger partial charge in [-0.05, 0) is 45.1 Å². The largest absolute Gasteiger partial charge is 0.351 e. The quantitative estimate of drug-likeness (QED) is 0.810. The van der Waals surface area contributed by atoms with Gasteiger partial charge in [-0.1, -0.05) is 26.2 Å². The number of hydrogen-bond donors (Lipinski definition) is 2. The summed E-state index contributed by atoms with van der Waals surface area (Å²) >= 11 is 0. The Hall–Kier alpha value is -0.570. The normalized spacial score (nSPS) is 31.9. The summed E-state index contributed by atoms with van der Waals surface area (Å²) in [4.78, 5) is 12.2. The molecule has 1 heterocycles. The molecule has 0 aromatic rings. The zero-order valence-electron chi connectivity index (χ0n) is 11.9. The molecule has 0 aromatic heterocycles. The number of carbonyl (C=O) groups is 1. The van der Waals surface area contributed by atoms with Crippen LogP contribution in [0.4, 0.5) is 0 Å². The zero-order valence-corrected chi connectivity index (χ0v) is 11.9. The second kappa shape index (κ2) is 6.05. The lowest BCUT2D eigenvalue weighted by atomic mass is 9.83. The van der Waals surface area contributed by atoms with Gasteiger partial charge in [-0.3, -0.25) is 4.79 Å². The van der Waals surface area contributed by atoms with E-state index in [2.05, 4.69) is 24.5 Å². The van der Waals surface area contributed by atoms with E-state index in [-0.39, 0.29) is 11.4 Å². The highest BCUT2D eigenvalue weighted by Crippen LogP contribution is 2.28. The first-order valence-electron chi connectivity index (χ1n) is 7.63. The van der Waals surface area contributed by atoms with Crippen LogP contribution in [0.15, 0.2) is 0 Å². The van der Waals surface area contributed by atoms with Crippen molar-refractivity contribution < 1.29 is 4.79 Å². The summed E-state index contributed by atoms with van der Waals surface area (Å²) in [6.07, 6.45) is 9.28. The Kier molecular flexibility index (Phi) is 4.66. The first-order valence-corrected chi connectivity index (χ1v) is 7.63. The van der Waals surface area contributed by atoms with Gasteiger partial charge in [0.05, 0.1) is 0 Å². The van der Waals surface area contributed by atoms with Crippen LogP contribution >= 0.6 is 0 Å². The molecule has 1 aliphatic heterocycles. The van der Waals surface area contributed by atoms with E-state index in [0.717, 1.165) is 19.4 Å². The van der Waals surface area contributed by atoms with Crippen LogP contribution in [0.25, 0.3) is 0 Å². The van der Waals surface area contributed by atoms with Crippen molar-refractivity contribution in [2.24, 2.45) is 5.92 Å². The molecule has 2 rings (SSSR count). The topological polar surface area (TPSA) is 41.1 Å². The van der Waals surface area contributed by atoms with Gasteiger partial charge in [0, 0.05) is 18.0 Å². The third kappa shape index (κ3) is 3.71. The summed E-state index contributed by atoms with van der Waals surface area (Å²) in [7, 11) is 0. The van der Waals surface area contributed by atoms with Crippen molar-refractivity contribution in [2.45, 2.75) is 76.8 Å². The third-order valence-corrected chi connectivity index (χ3v) is 4.73. The van der Waals surface area contributed by atoms with Crippen LogP contribution in [0.1, 0.15) is 65.2 Å². The Morgan fingerprint density at radius 3 is 2.67 bits per heavy atom. The highest BCUT2D eigenvalue weighted by molar-refractivity contribution is 5.77. The molecular formula is C15H28N2O. The summed E-state index contributed by atoms with van der Waals surface area (Å²) in [6.45, 7) is 5.54. The zero-order chi connectivity index (χ0) is 13.0. The van der Waals surface area contributed by atoms with E-state index in [1.54, 1.807) is 0 Å². The van der Waals surface area contributed by atoms with Crippen LogP contribution in [0.3, 0.4) is 0 Å². The minimum absolute atomic E-state index is 0.0627. The van der Waals surface area contributed by atoms with Gasteiger partial charge in [-0.25, -0.2) is 0 Å². The summed E-state index contributed by atoms with van der Waals surface area (Å²) in [5, 5.41) is 6.77. The van der Waals surface area contributed by atoms with Crippen LogP contribution in [0.2, 0.25) is 0 Å². The number of amides is 1. The van der Waals surface area contributed by atoms with E-state index < -0.39 is 0 Å². The van der Waals surface area contributed by atoms with Crippen molar-refractivity contribution in [3.05, 3.63) is 0 Å². The van der Waals surface area contributed by atoms with Crippen molar-refractivity contribution in [3.63, 3.8) is 0 Å². The van der Waals surface area contributed by atoms with E-state index in [1.807, 2.05) is 0 Å². The lowest BCUT2D eigenvalue weighted by molar-refractivity contribution is -0.124. The van der Waals surface area contributed by atoms with Crippen molar-refractivity contribution in [1.82, 2.24) is 10.6 Å². The highest BCUT2D eigenvalue weighted by atomic mass is 16.1. The molecule has 2 N–H and O–H groups in total. The first kappa shape index (κ1) is 13.9. The van der Waals surface area contributed by atoms with Gasteiger partial charge in [0.25, 0.3) is 0 Å². The molecule has 1 saturated carbocycles. The van der Waals surface area contributed by atoms with Gasteiger partial charge in [0.2, 0.25) is 5.91 Å². The van der Waals surface area contributed by atoms with Crippen LogP contribution in [-0.2, 0) is 4.79 Å². The van der Waals surface area contributed by atoms with Crippen molar-refractivity contribution >= 4 is 5.91 Å². The predicted molar refractivity (Wildman–Crippen MR) is 74.4 cm³/mol. The molecule has 0 radical (unpaired) electrons. The summed E-state index contributed by atoms with van der Waals surface area (Å²) in [5.41, 5.74) is 0.0627. The Balaban J connectivity index is 1.80. The molecule has 0 aromatic carbocycles. The van der Waals surface area contributed by atoms with E-state index in [4.69, 9.17) is 0 Å². The summed E-state index contributed by atoms with van der Waals surface area (Å²) < 4.78 is 0. The van der Waals surface area contributed by atoms with Crippen LogP contribution < -0.4 is 10.6 Å². The van der Waals surface area contributed by atoms with Gasteiger partial charge in [-0.2, -0.15) is 0 Å². The fourth-order valence-corrected chi connectivity index (χ4v) is 3.43. The second-order valence-electron chi connectivity index (χ2n) is 6.55. The van der Waals surface area contributed by atoms with Crippen LogP contribution in [0.5, 0.6) is 0 Å². The van der Waals surface area contributed by atoms with E-state index in [0.29, 0.717) is 18.4 Å². The lowest BCUT2D eigenvalue weighted by Gasteiger charge is -2.36. The fourth-order valence-electron chi connectivity index (χ4n) is 3.43. The Morgan fingerprint density at radius 2 is 2.00 bits per heavy atom. The molecular weight excluding hydrogens is 224 g/mol.